The van der Waals surface area contributed by atoms with E-state index in [9.17, 15) is 9.90 Å². The van der Waals surface area contributed by atoms with Crippen LogP contribution in [0.15, 0.2) is 0 Å². The Morgan fingerprint density at radius 3 is 2.94 bits per heavy atom. The van der Waals surface area contributed by atoms with Gasteiger partial charge in [-0.15, -0.1) is 0 Å². The summed E-state index contributed by atoms with van der Waals surface area (Å²) in [5.74, 6) is 0.343. The average molecular weight is 230 g/mol. The second-order valence-corrected chi connectivity index (χ2v) is 4.85. The highest BCUT2D eigenvalue weighted by atomic mass is 16.3. The lowest BCUT2D eigenvalue weighted by Crippen LogP contribution is -2.44. The Hall–Kier alpha value is -0.650. The standard InChI is InChI=1S/C11H22N2O3/c1-11(16,8-14)7-13-10(15)5-9-3-2-4-12-6-9/h9,12,14,16H,2-8H2,1H3,(H,13,15). The summed E-state index contributed by atoms with van der Waals surface area (Å²) in [6, 6.07) is 0. The van der Waals surface area contributed by atoms with E-state index >= 15 is 0 Å². The first-order valence-corrected chi connectivity index (χ1v) is 5.84. The van der Waals surface area contributed by atoms with Gasteiger partial charge in [0.15, 0.2) is 0 Å². The summed E-state index contributed by atoms with van der Waals surface area (Å²) >= 11 is 0. The molecule has 94 valence electrons. The van der Waals surface area contributed by atoms with Crippen molar-refractivity contribution in [3.05, 3.63) is 0 Å². The minimum absolute atomic E-state index is 0.0533. The number of nitrogens with one attached hydrogen (secondary N) is 2. The molecule has 1 fully saturated rings. The molecule has 1 amide bonds. The van der Waals surface area contributed by atoms with Gasteiger partial charge in [0.25, 0.3) is 0 Å². The first kappa shape index (κ1) is 13.4. The van der Waals surface area contributed by atoms with Crippen LogP contribution in [0.1, 0.15) is 26.2 Å². The Labute approximate surface area is 96.2 Å². The van der Waals surface area contributed by atoms with E-state index in [1.807, 2.05) is 0 Å². The minimum Gasteiger partial charge on any atom is -0.393 e. The molecule has 0 bridgehead atoms. The Morgan fingerprint density at radius 2 is 2.38 bits per heavy atom. The van der Waals surface area contributed by atoms with Crippen molar-refractivity contribution >= 4 is 5.91 Å². The minimum atomic E-state index is -1.22. The SMILES string of the molecule is CC(O)(CO)CNC(=O)CC1CCCNC1. The van der Waals surface area contributed by atoms with Crippen LogP contribution >= 0.6 is 0 Å². The normalized spacial score (nSPS) is 24.8. The van der Waals surface area contributed by atoms with E-state index < -0.39 is 5.60 Å². The Balaban J connectivity index is 2.19. The summed E-state index contributed by atoms with van der Waals surface area (Å²) in [5.41, 5.74) is -1.22. The first-order chi connectivity index (χ1) is 7.53. The fourth-order valence-electron chi connectivity index (χ4n) is 1.78. The van der Waals surface area contributed by atoms with E-state index in [1.165, 1.54) is 6.92 Å². The summed E-state index contributed by atoms with van der Waals surface area (Å²) in [5, 5.41) is 24.2. The quantitative estimate of drug-likeness (QED) is 0.500. The molecular formula is C11H22N2O3. The third-order valence-corrected chi connectivity index (χ3v) is 2.88. The van der Waals surface area contributed by atoms with E-state index in [4.69, 9.17) is 5.11 Å². The van der Waals surface area contributed by atoms with Crippen LogP contribution in [0.4, 0.5) is 0 Å². The molecule has 1 aliphatic rings. The molecule has 4 N–H and O–H groups in total. The number of carbonyl (C=O) groups excluding carboxylic acids is 1. The second-order valence-electron chi connectivity index (χ2n) is 4.85. The Morgan fingerprint density at radius 1 is 1.62 bits per heavy atom. The van der Waals surface area contributed by atoms with Crippen molar-refractivity contribution in [2.75, 3.05) is 26.2 Å². The molecule has 5 nitrogen and oxygen atoms in total. The van der Waals surface area contributed by atoms with Gasteiger partial charge in [-0.1, -0.05) is 0 Å². The van der Waals surface area contributed by atoms with Gasteiger partial charge in [0.2, 0.25) is 5.91 Å². The molecule has 0 spiro atoms. The van der Waals surface area contributed by atoms with Crippen molar-refractivity contribution in [1.29, 1.82) is 0 Å². The molecule has 0 aromatic carbocycles. The van der Waals surface area contributed by atoms with Crippen LogP contribution in [0.5, 0.6) is 0 Å². The van der Waals surface area contributed by atoms with Crippen molar-refractivity contribution in [1.82, 2.24) is 10.6 Å². The molecule has 0 aromatic rings. The molecule has 2 atom stereocenters. The van der Waals surface area contributed by atoms with E-state index in [0.29, 0.717) is 12.3 Å². The lowest BCUT2D eigenvalue weighted by atomic mass is 9.96. The number of hydrogen-bond acceptors (Lipinski definition) is 4. The van der Waals surface area contributed by atoms with Crippen molar-refractivity contribution in [3.8, 4) is 0 Å². The number of hydrogen-bond donors (Lipinski definition) is 4. The highest BCUT2D eigenvalue weighted by molar-refractivity contribution is 5.76. The Bertz CT molecular complexity index is 225. The molecule has 0 aliphatic carbocycles. The summed E-state index contributed by atoms with van der Waals surface area (Å²) < 4.78 is 0. The third kappa shape index (κ3) is 4.92. The number of aliphatic hydroxyl groups is 2. The summed E-state index contributed by atoms with van der Waals surface area (Å²) in [7, 11) is 0. The summed E-state index contributed by atoms with van der Waals surface area (Å²) in [6.45, 7) is 3.18. The summed E-state index contributed by atoms with van der Waals surface area (Å²) in [6.07, 6.45) is 2.69. The number of amides is 1. The van der Waals surface area contributed by atoms with Crippen LogP contribution in [0.25, 0.3) is 0 Å². The monoisotopic (exact) mass is 230 g/mol. The zero-order chi connectivity index (χ0) is 12.0. The van der Waals surface area contributed by atoms with Crippen LogP contribution in [0, 0.1) is 5.92 Å². The van der Waals surface area contributed by atoms with E-state index in [0.717, 1.165) is 25.9 Å². The van der Waals surface area contributed by atoms with Crippen LogP contribution in [0.3, 0.4) is 0 Å². The lowest BCUT2D eigenvalue weighted by Gasteiger charge is -2.24. The van der Waals surface area contributed by atoms with Crippen molar-refractivity contribution < 1.29 is 15.0 Å². The molecule has 1 rings (SSSR count). The number of piperidine rings is 1. The van der Waals surface area contributed by atoms with E-state index in [-0.39, 0.29) is 19.1 Å². The fraction of sp³-hybridized carbons (Fsp3) is 0.909. The van der Waals surface area contributed by atoms with Crippen LogP contribution in [-0.4, -0.2) is 48.0 Å². The second kappa shape index (κ2) is 6.18. The smallest absolute Gasteiger partial charge is 0.220 e. The predicted octanol–water partition coefficient (Wildman–Crippen LogP) is -0.764. The maximum absolute atomic E-state index is 11.5. The van der Waals surface area contributed by atoms with Crippen molar-refractivity contribution in [2.45, 2.75) is 31.8 Å². The van der Waals surface area contributed by atoms with E-state index in [2.05, 4.69) is 10.6 Å². The highest BCUT2D eigenvalue weighted by Crippen LogP contribution is 2.13. The van der Waals surface area contributed by atoms with Crippen LogP contribution < -0.4 is 10.6 Å². The lowest BCUT2D eigenvalue weighted by molar-refractivity contribution is -0.123. The molecule has 1 heterocycles. The molecular weight excluding hydrogens is 208 g/mol. The molecule has 0 radical (unpaired) electrons. The van der Waals surface area contributed by atoms with Crippen LogP contribution in [-0.2, 0) is 4.79 Å². The molecule has 0 saturated carbocycles. The average Bonchev–Trinajstić information content (AvgIpc) is 2.28. The van der Waals surface area contributed by atoms with Gasteiger partial charge in [-0.2, -0.15) is 0 Å². The molecule has 5 heteroatoms. The number of carbonyl (C=O) groups is 1. The van der Waals surface area contributed by atoms with Gasteiger partial charge in [-0.25, -0.2) is 0 Å². The fourth-order valence-corrected chi connectivity index (χ4v) is 1.78. The van der Waals surface area contributed by atoms with Gasteiger partial charge < -0.3 is 20.8 Å². The molecule has 1 saturated heterocycles. The van der Waals surface area contributed by atoms with Gasteiger partial charge in [0.05, 0.1) is 6.61 Å². The molecule has 16 heavy (non-hydrogen) atoms. The number of rotatable bonds is 5. The van der Waals surface area contributed by atoms with Gasteiger partial charge in [-0.05, 0) is 38.8 Å². The summed E-state index contributed by atoms with van der Waals surface area (Å²) in [4.78, 5) is 11.5. The zero-order valence-electron chi connectivity index (χ0n) is 9.83. The Kier molecular flexibility index (Phi) is 5.18. The highest BCUT2D eigenvalue weighted by Gasteiger charge is 2.21. The van der Waals surface area contributed by atoms with E-state index in [1.54, 1.807) is 0 Å². The maximum atomic E-state index is 11.5. The van der Waals surface area contributed by atoms with Crippen molar-refractivity contribution in [2.24, 2.45) is 5.92 Å². The molecule has 1 aliphatic heterocycles. The molecule has 2 unspecified atom stereocenters. The first-order valence-electron chi connectivity index (χ1n) is 5.84. The van der Waals surface area contributed by atoms with Gasteiger partial charge in [0.1, 0.15) is 5.60 Å². The largest absolute Gasteiger partial charge is 0.393 e. The van der Waals surface area contributed by atoms with Crippen LogP contribution in [0.2, 0.25) is 0 Å². The van der Waals surface area contributed by atoms with Gasteiger partial charge >= 0.3 is 0 Å². The number of aliphatic hydroxyl groups excluding tert-OH is 1. The molecule has 0 aromatic heterocycles. The van der Waals surface area contributed by atoms with Gasteiger partial charge in [0, 0.05) is 13.0 Å². The predicted molar refractivity (Wildman–Crippen MR) is 60.9 cm³/mol. The maximum Gasteiger partial charge on any atom is 0.220 e. The van der Waals surface area contributed by atoms with Gasteiger partial charge in [-0.3, -0.25) is 4.79 Å². The zero-order valence-corrected chi connectivity index (χ0v) is 9.83. The topological polar surface area (TPSA) is 81.6 Å². The third-order valence-electron chi connectivity index (χ3n) is 2.88. The van der Waals surface area contributed by atoms with Crippen molar-refractivity contribution in [3.63, 3.8) is 0 Å².